The average Bonchev–Trinajstić information content (AvgIpc) is 2.38. The van der Waals surface area contributed by atoms with Crippen molar-refractivity contribution in [2.75, 3.05) is 6.61 Å². The summed E-state index contributed by atoms with van der Waals surface area (Å²) in [6, 6.07) is 6.31. The Morgan fingerprint density at radius 2 is 2.24 bits per heavy atom. The number of hydrogen-bond donors (Lipinski definition) is 0. The van der Waals surface area contributed by atoms with Crippen LogP contribution in [-0.2, 0) is 0 Å². The number of allylic oxidation sites excluding steroid dienone is 1. The molecule has 0 bridgehead atoms. The van der Waals surface area contributed by atoms with Crippen LogP contribution in [0.2, 0.25) is 0 Å². The molecule has 0 atom stereocenters. The van der Waals surface area contributed by atoms with E-state index in [9.17, 15) is 10.1 Å². The molecule has 0 aromatic heterocycles. The molecule has 1 aliphatic carbocycles. The lowest BCUT2D eigenvalue weighted by atomic mass is 10.0. The Hall–Kier alpha value is -1.84. The summed E-state index contributed by atoms with van der Waals surface area (Å²) >= 11 is 0. The number of nitro benzene ring substituents is 1. The van der Waals surface area contributed by atoms with Gasteiger partial charge in [0.2, 0.25) is 0 Å². The van der Waals surface area contributed by atoms with Crippen molar-refractivity contribution in [1.82, 2.24) is 0 Å². The molecule has 0 aliphatic heterocycles. The van der Waals surface area contributed by atoms with E-state index in [1.165, 1.54) is 30.5 Å². The number of rotatable bonds is 4. The van der Waals surface area contributed by atoms with Gasteiger partial charge in [-0.05, 0) is 37.3 Å². The Bertz CT molecular complexity index is 440. The Morgan fingerprint density at radius 1 is 1.35 bits per heavy atom. The highest BCUT2D eigenvalue weighted by Crippen LogP contribution is 2.22. The minimum atomic E-state index is -0.410. The Balaban J connectivity index is 1.96. The fourth-order valence-electron chi connectivity index (χ4n) is 1.90. The fourth-order valence-corrected chi connectivity index (χ4v) is 1.90. The SMILES string of the molecule is O=[N+]([O-])c1cccc(OCC2=CCCCC2)c1. The van der Waals surface area contributed by atoms with Crippen molar-refractivity contribution in [3.63, 3.8) is 0 Å². The molecule has 0 N–H and O–H groups in total. The highest BCUT2D eigenvalue weighted by molar-refractivity contribution is 5.38. The summed E-state index contributed by atoms with van der Waals surface area (Å²) in [4.78, 5) is 10.2. The smallest absolute Gasteiger partial charge is 0.273 e. The summed E-state index contributed by atoms with van der Waals surface area (Å²) in [5.74, 6) is 0.561. The second-order valence-electron chi connectivity index (χ2n) is 4.15. The third-order valence-corrected chi connectivity index (χ3v) is 2.84. The number of benzene rings is 1. The minimum absolute atomic E-state index is 0.0696. The van der Waals surface area contributed by atoms with E-state index >= 15 is 0 Å². The third kappa shape index (κ3) is 3.31. The molecule has 0 heterocycles. The molecule has 0 saturated heterocycles. The second kappa shape index (κ2) is 5.48. The highest BCUT2D eigenvalue weighted by Gasteiger charge is 2.08. The summed E-state index contributed by atoms with van der Waals surface area (Å²) in [7, 11) is 0. The van der Waals surface area contributed by atoms with Gasteiger partial charge in [0.05, 0.1) is 11.0 Å². The molecule has 4 heteroatoms. The standard InChI is InChI=1S/C13H15NO3/c15-14(16)12-7-4-8-13(9-12)17-10-11-5-2-1-3-6-11/h4-5,7-9H,1-3,6,10H2. The van der Waals surface area contributed by atoms with Crippen LogP contribution in [0.4, 0.5) is 5.69 Å². The highest BCUT2D eigenvalue weighted by atomic mass is 16.6. The summed E-state index contributed by atoms with van der Waals surface area (Å²) in [5.41, 5.74) is 1.36. The van der Waals surface area contributed by atoms with E-state index in [4.69, 9.17) is 4.74 Å². The minimum Gasteiger partial charge on any atom is -0.489 e. The van der Waals surface area contributed by atoms with Gasteiger partial charge in [0.25, 0.3) is 5.69 Å². The first kappa shape index (κ1) is 11.6. The van der Waals surface area contributed by atoms with Crippen molar-refractivity contribution in [3.05, 3.63) is 46.0 Å². The van der Waals surface area contributed by atoms with Gasteiger partial charge in [0, 0.05) is 6.07 Å². The first-order valence-electron chi connectivity index (χ1n) is 5.81. The lowest BCUT2D eigenvalue weighted by Gasteiger charge is -2.13. The predicted octanol–water partition coefficient (Wildman–Crippen LogP) is 3.47. The van der Waals surface area contributed by atoms with Crippen LogP contribution < -0.4 is 4.74 Å². The topological polar surface area (TPSA) is 52.4 Å². The van der Waals surface area contributed by atoms with Gasteiger partial charge in [-0.25, -0.2) is 0 Å². The molecule has 2 rings (SSSR count). The van der Waals surface area contributed by atoms with Crippen molar-refractivity contribution in [2.24, 2.45) is 0 Å². The van der Waals surface area contributed by atoms with Crippen LogP contribution in [0.1, 0.15) is 25.7 Å². The van der Waals surface area contributed by atoms with Crippen LogP contribution in [0.3, 0.4) is 0 Å². The molecule has 0 amide bonds. The lowest BCUT2D eigenvalue weighted by Crippen LogP contribution is -2.04. The van der Waals surface area contributed by atoms with Crippen molar-refractivity contribution < 1.29 is 9.66 Å². The molecule has 0 spiro atoms. The van der Waals surface area contributed by atoms with Gasteiger partial charge >= 0.3 is 0 Å². The molecule has 1 aromatic rings. The molecular formula is C13H15NO3. The normalized spacial score (nSPS) is 15.2. The van der Waals surface area contributed by atoms with E-state index in [1.807, 2.05) is 0 Å². The quantitative estimate of drug-likeness (QED) is 0.454. The number of hydrogen-bond acceptors (Lipinski definition) is 3. The third-order valence-electron chi connectivity index (χ3n) is 2.84. The van der Waals surface area contributed by atoms with Gasteiger partial charge in [-0.15, -0.1) is 0 Å². The van der Waals surface area contributed by atoms with Gasteiger partial charge in [-0.2, -0.15) is 0 Å². The second-order valence-corrected chi connectivity index (χ2v) is 4.15. The van der Waals surface area contributed by atoms with E-state index in [1.54, 1.807) is 12.1 Å². The van der Waals surface area contributed by atoms with Crippen LogP contribution >= 0.6 is 0 Å². The molecule has 4 nitrogen and oxygen atoms in total. The predicted molar refractivity (Wildman–Crippen MR) is 65.1 cm³/mol. The van der Waals surface area contributed by atoms with Gasteiger partial charge in [-0.3, -0.25) is 10.1 Å². The van der Waals surface area contributed by atoms with E-state index in [0.29, 0.717) is 12.4 Å². The van der Waals surface area contributed by atoms with Crippen LogP contribution in [0.25, 0.3) is 0 Å². The molecule has 0 saturated carbocycles. The van der Waals surface area contributed by atoms with Crippen molar-refractivity contribution >= 4 is 5.69 Å². The molecular weight excluding hydrogens is 218 g/mol. The maximum Gasteiger partial charge on any atom is 0.273 e. The van der Waals surface area contributed by atoms with E-state index in [-0.39, 0.29) is 5.69 Å². The van der Waals surface area contributed by atoms with Crippen LogP contribution in [-0.4, -0.2) is 11.5 Å². The molecule has 1 aromatic carbocycles. The molecule has 1 aliphatic rings. The zero-order valence-corrected chi connectivity index (χ0v) is 9.59. The van der Waals surface area contributed by atoms with Crippen molar-refractivity contribution in [1.29, 1.82) is 0 Å². The number of nitrogens with zero attached hydrogens (tertiary/aromatic N) is 1. The Labute approximate surface area is 100 Å². The van der Waals surface area contributed by atoms with Crippen LogP contribution in [0.5, 0.6) is 5.75 Å². The van der Waals surface area contributed by atoms with Crippen molar-refractivity contribution in [2.45, 2.75) is 25.7 Å². The first-order chi connectivity index (χ1) is 8.25. The monoisotopic (exact) mass is 233 g/mol. The molecule has 0 unspecified atom stereocenters. The number of non-ortho nitro benzene ring substituents is 1. The number of nitro groups is 1. The lowest BCUT2D eigenvalue weighted by molar-refractivity contribution is -0.384. The van der Waals surface area contributed by atoms with E-state index in [2.05, 4.69) is 6.08 Å². The number of ether oxygens (including phenoxy) is 1. The van der Waals surface area contributed by atoms with Crippen LogP contribution in [0, 0.1) is 10.1 Å². The molecule has 0 fully saturated rings. The van der Waals surface area contributed by atoms with Gasteiger partial charge in [0.15, 0.2) is 0 Å². The van der Waals surface area contributed by atoms with Gasteiger partial charge in [-0.1, -0.05) is 12.1 Å². The molecule has 0 radical (unpaired) electrons. The van der Waals surface area contributed by atoms with Gasteiger partial charge < -0.3 is 4.74 Å². The maximum atomic E-state index is 10.6. The van der Waals surface area contributed by atoms with E-state index in [0.717, 1.165) is 12.8 Å². The van der Waals surface area contributed by atoms with Crippen LogP contribution in [0.15, 0.2) is 35.9 Å². The van der Waals surface area contributed by atoms with Gasteiger partial charge in [0.1, 0.15) is 12.4 Å². The largest absolute Gasteiger partial charge is 0.489 e. The first-order valence-corrected chi connectivity index (χ1v) is 5.81. The fraction of sp³-hybridized carbons (Fsp3) is 0.385. The average molecular weight is 233 g/mol. The summed E-state index contributed by atoms with van der Waals surface area (Å²) in [5, 5.41) is 10.6. The van der Waals surface area contributed by atoms with E-state index < -0.39 is 4.92 Å². The molecule has 90 valence electrons. The maximum absolute atomic E-state index is 10.6. The Morgan fingerprint density at radius 3 is 2.94 bits per heavy atom. The summed E-state index contributed by atoms with van der Waals surface area (Å²) in [6.07, 6.45) is 6.87. The zero-order valence-electron chi connectivity index (χ0n) is 9.59. The summed E-state index contributed by atoms with van der Waals surface area (Å²) < 4.78 is 5.56. The van der Waals surface area contributed by atoms with Crippen molar-refractivity contribution in [3.8, 4) is 5.75 Å². The molecule has 17 heavy (non-hydrogen) atoms. The zero-order chi connectivity index (χ0) is 12.1. The Kier molecular flexibility index (Phi) is 3.75. The summed E-state index contributed by atoms with van der Waals surface area (Å²) in [6.45, 7) is 0.543.